The Bertz CT molecular complexity index is 466. The average molecular weight is 197 g/mol. The summed E-state index contributed by atoms with van der Waals surface area (Å²) in [4.78, 5) is 4.00. The van der Waals surface area contributed by atoms with Crippen LogP contribution >= 0.6 is 0 Å². The first-order valence-electron chi connectivity index (χ1n) is 4.66. The first kappa shape index (κ1) is 9.35. The van der Waals surface area contributed by atoms with E-state index in [0.29, 0.717) is 6.54 Å². The summed E-state index contributed by atoms with van der Waals surface area (Å²) in [6.07, 6.45) is 10.6. The standard InChI is InChI=1S/C12H11N3/c1-2-6-14-11-4-3-5-12(9-11)15-8-7-13-10-15/h1,3-5,7-10,14H,6H2. The molecule has 0 unspecified atom stereocenters. The molecule has 0 saturated heterocycles. The molecule has 2 rings (SSSR count). The van der Waals surface area contributed by atoms with Crippen molar-refractivity contribution in [2.45, 2.75) is 0 Å². The molecule has 0 aliphatic carbocycles. The van der Waals surface area contributed by atoms with E-state index in [0.717, 1.165) is 11.4 Å². The van der Waals surface area contributed by atoms with E-state index in [2.05, 4.69) is 16.2 Å². The van der Waals surface area contributed by atoms with Gasteiger partial charge in [0.1, 0.15) is 0 Å². The molecular formula is C12H11N3. The smallest absolute Gasteiger partial charge is 0.0991 e. The number of rotatable bonds is 3. The first-order chi connectivity index (χ1) is 7.40. The van der Waals surface area contributed by atoms with E-state index in [1.165, 1.54) is 0 Å². The lowest BCUT2D eigenvalue weighted by Gasteiger charge is -2.06. The van der Waals surface area contributed by atoms with Crippen LogP contribution in [-0.4, -0.2) is 16.1 Å². The number of nitrogens with one attached hydrogen (secondary N) is 1. The van der Waals surface area contributed by atoms with Crippen molar-refractivity contribution in [3.63, 3.8) is 0 Å². The molecule has 0 aliphatic heterocycles. The molecule has 1 aromatic carbocycles. The van der Waals surface area contributed by atoms with Crippen molar-refractivity contribution in [3.05, 3.63) is 43.0 Å². The summed E-state index contributed by atoms with van der Waals surface area (Å²) in [5.74, 6) is 2.54. The number of terminal acetylenes is 1. The minimum atomic E-state index is 0.535. The summed E-state index contributed by atoms with van der Waals surface area (Å²) >= 11 is 0. The zero-order valence-electron chi connectivity index (χ0n) is 8.22. The third-order valence-corrected chi connectivity index (χ3v) is 2.04. The van der Waals surface area contributed by atoms with Gasteiger partial charge in [-0.25, -0.2) is 4.98 Å². The quantitative estimate of drug-likeness (QED) is 0.762. The highest BCUT2D eigenvalue weighted by molar-refractivity contribution is 5.51. The molecule has 0 spiro atoms. The molecule has 0 atom stereocenters. The fourth-order valence-electron chi connectivity index (χ4n) is 1.34. The van der Waals surface area contributed by atoms with Crippen LogP contribution in [-0.2, 0) is 0 Å². The van der Waals surface area contributed by atoms with E-state index < -0.39 is 0 Å². The molecule has 1 N–H and O–H groups in total. The second kappa shape index (κ2) is 4.34. The Balaban J connectivity index is 2.24. The van der Waals surface area contributed by atoms with E-state index in [1.54, 1.807) is 12.5 Å². The number of anilines is 1. The second-order valence-electron chi connectivity index (χ2n) is 3.08. The topological polar surface area (TPSA) is 29.9 Å². The highest BCUT2D eigenvalue weighted by Gasteiger charge is 1.96. The van der Waals surface area contributed by atoms with Gasteiger partial charge in [-0.2, -0.15) is 0 Å². The lowest BCUT2D eigenvalue weighted by molar-refractivity contribution is 1.06. The van der Waals surface area contributed by atoms with Gasteiger partial charge in [0.2, 0.25) is 0 Å². The van der Waals surface area contributed by atoms with Gasteiger partial charge in [-0.05, 0) is 18.2 Å². The molecule has 1 aromatic heterocycles. The van der Waals surface area contributed by atoms with Crippen LogP contribution in [0.4, 0.5) is 5.69 Å². The lowest BCUT2D eigenvalue weighted by Crippen LogP contribution is -1.99. The Hall–Kier alpha value is -2.21. The fraction of sp³-hybridized carbons (Fsp3) is 0.0833. The van der Waals surface area contributed by atoms with Gasteiger partial charge in [-0.15, -0.1) is 6.42 Å². The Morgan fingerprint density at radius 3 is 3.13 bits per heavy atom. The largest absolute Gasteiger partial charge is 0.374 e. The number of hydrogen-bond donors (Lipinski definition) is 1. The van der Waals surface area contributed by atoms with Gasteiger partial charge in [0, 0.05) is 23.8 Å². The molecular weight excluding hydrogens is 186 g/mol. The molecule has 15 heavy (non-hydrogen) atoms. The van der Waals surface area contributed by atoms with Crippen molar-refractivity contribution < 1.29 is 0 Å². The molecule has 2 aromatic rings. The van der Waals surface area contributed by atoms with Gasteiger partial charge in [0.25, 0.3) is 0 Å². The predicted octanol–water partition coefficient (Wildman–Crippen LogP) is 1.92. The third kappa shape index (κ3) is 2.18. The van der Waals surface area contributed by atoms with Gasteiger partial charge in [-0.3, -0.25) is 0 Å². The van der Waals surface area contributed by atoms with Gasteiger partial charge in [0.05, 0.1) is 12.9 Å². The van der Waals surface area contributed by atoms with Crippen LogP contribution in [0.3, 0.4) is 0 Å². The normalized spacial score (nSPS) is 9.53. The average Bonchev–Trinajstić information content (AvgIpc) is 2.80. The van der Waals surface area contributed by atoms with E-state index in [9.17, 15) is 0 Å². The SMILES string of the molecule is C#CCNc1cccc(-n2ccnc2)c1. The Labute approximate surface area is 88.8 Å². The maximum Gasteiger partial charge on any atom is 0.0991 e. The van der Waals surface area contributed by atoms with Gasteiger partial charge in [0.15, 0.2) is 0 Å². The van der Waals surface area contributed by atoms with Crippen LogP contribution in [0.5, 0.6) is 0 Å². The van der Waals surface area contributed by atoms with Gasteiger partial charge >= 0.3 is 0 Å². The summed E-state index contributed by atoms with van der Waals surface area (Å²) in [5, 5.41) is 3.13. The zero-order chi connectivity index (χ0) is 10.5. The molecule has 0 fully saturated rings. The van der Waals surface area contributed by atoms with Crippen molar-refractivity contribution in [3.8, 4) is 18.0 Å². The van der Waals surface area contributed by atoms with Crippen LogP contribution < -0.4 is 5.32 Å². The van der Waals surface area contributed by atoms with Crippen molar-refractivity contribution >= 4 is 5.69 Å². The highest BCUT2D eigenvalue weighted by atomic mass is 15.0. The minimum absolute atomic E-state index is 0.535. The summed E-state index contributed by atoms with van der Waals surface area (Å²) in [5.41, 5.74) is 2.08. The number of nitrogens with zero attached hydrogens (tertiary/aromatic N) is 2. The van der Waals surface area contributed by atoms with Gasteiger partial charge in [-0.1, -0.05) is 12.0 Å². The molecule has 0 radical (unpaired) electrons. The molecule has 0 bridgehead atoms. The fourth-order valence-corrected chi connectivity index (χ4v) is 1.34. The maximum atomic E-state index is 5.18. The van der Waals surface area contributed by atoms with Crippen LogP contribution in [0.2, 0.25) is 0 Å². The summed E-state index contributed by atoms with van der Waals surface area (Å²) in [6, 6.07) is 8.01. The molecule has 3 nitrogen and oxygen atoms in total. The number of benzene rings is 1. The van der Waals surface area contributed by atoms with Crippen molar-refractivity contribution in [1.82, 2.24) is 9.55 Å². The molecule has 0 aliphatic rings. The first-order valence-corrected chi connectivity index (χ1v) is 4.66. The lowest BCUT2D eigenvalue weighted by atomic mass is 10.2. The predicted molar refractivity (Wildman–Crippen MR) is 60.9 cm³/mol. The Kier molecular flexibility index (Phi) is 2.70. The third-order valence-electron chi connectivity index (χ3n) is 2.04. The van der Waals surface area contributed by atoms with Crippen LogP contribution in [0.15, 0.2) is 43.0 Å². The molecule has 74 valence electrons. The maximum absolute atomic E-state index is 5.18. The molecule has 0 saturated carbocycles. The molecule has 0 amide bonds. The number of imidazole rings is 1. The van der Waals surface area contributed by atoms with Gasteiger partial charge < -0.3 is 9.88 Å². The summed E-state index contributed by atoms with van der Waals surface area (Å²) < 4.78 is 1.95. The van der Waals surface area contributed by atoms with Crippen LogP contribution in [0.25, 0.3) is 5.69 Å². The highest BCUT2D eigenvalue weighted by Crippen LogP contribution is 2.13. The van der Waals surface area contributed by atoms with Crippen LogP contribution in [0, 0.1) is 12.3 Å². The molecule has 1 heterocycles. The van der Waals surface area contributed by atoms with E-state index >= 15 is 0 Å². The Morgan fingerprint density at radius 1 is 1.47 bits per heavy atom. The van der Waals surface area contributed by atoms with E-state index in [4.69, 9.17) is 6.42 Å². The Morgan fingerprint density at radius 2 is 2.40 bits per heavy atom. The van der Waals surface area contributed by atoms with E-state index in [-0.39, 0.29) is 0 Å². The van der Waals surface area contributed by atoms with Crippen LogP contribution in [0.1, 0.15) is 0 Å². The molecule has 3 heteroatoms. The summed E-state index contributed by atoms with van der Waals surface area (Å²) in [6.45, 7) is 0.535. The minimum Gasteiger partial charge on any atom is -0.374 e. The van der Waals surface area contributed by atoms with E-state index in [1.807, 2.05) is 35.0 Å². The van der Waals surface area contributed by atoms with Crippen molar-refractivity contribution in [1.29, 1.82) is 0 Å². The van der Waals surface area contributed by atoms with Crippen molar-refractivity contribution in [2.24, 2.45) is 0 Å². The number of hydrogen-bond acceptors (Lipinski definition) is 2. The number of aromatic nitrogens is 2. The second-order valence-corrected chi connectivity index (χ2v) is 3.08. The van der Waals surface area contributed by atoms with Crippen molar-refractivity contribution in [2.75, 3.05) is 11.9 Å². The monoisotopic (exact) mass is 197 g/mol. The zero-order valence-corrected chi connectivity index (χ0v) is 8.22. The summed E-state index contributed by atoms with van der Waals surface area (Å²) in [7, 11) is 0.